The highest BCUT2D eigenvalue weighted by molar-refractivity contribution is 7.93. The van der Waals surface area contributed by atoms with Gasteiger partial charge >= 0.3 is 5.97 Å². The summed E-state index contributed by atoms with van der Waals surface area (Å²) in [5.41, 5.74) is 1.35. The van der Waals surface area contributed by atoms with Gasteiger partial charge in [-0.3, -0.25) is 4.31 Å². The summed E-state index contributed by atoms with van der Waals surface area (Å²) in [6, 6.07) is 6.76. The summed E-state index contributed by atoms with van der Waals surface area (Å²) in [6.45, 7) is 0.507. The van der Waals surface area contributed by atoms with Crippen LogP contribution in [0.15, 0.2) is 30.3 Å². The molecule has 1 N–H and O–H groups in total. The molecule has 0 atom stereocenters. The summed E-state index contributed by atoms with van der Waals surface area (Å²) in [5, 5.41) is 8.50. The molecule has 1 saturated heterocycles. The molecule has 1 aliphatic heterocycles. The Kier molecular flexibility index (Phi) is 3.38. The van der Waals surface area contributed by atoms with Crippen LogP contribution in [0.25, 0.3) is 6.08 Å². The van der Waals surface area contributed by atoms with Crippen LogP contribution in [0.1, 0.15) is 12.0 Å². The zero-order valence-corrected chi connectivity index (χ0v) is 10.4. The third kappa shape index (κ3) is 2.70. The highest BCUT2D eigenvalue weighted by Crippen LogP contribution is 2.24. The molecule has 1 fully saturated rings. The van der Waals surface area contributed by atoms with Crippen molar-refractivity contribution in [2.45, 2.75) is 6.42 Å². The largest absolute Gasteiger partial charge is 0.478 e. The summed E-state index contributed by atoms with van der Waals surface area (Å²) in [7, 11) is -3.16. The van der Waals surface area contributed by atoms with Crippen molar-refractivity contribution in [2.75, 3.05) is 16.6 Å². The van der Waals surface area contributed by atoms with E-state index >= 15 is 0 Å². The van der Waals surface area contributed by atoms with Gasteiger partial charge in [-0.05, 0) is 30.2 Å². The maximum absolute atomic E-state index is 11.7. The van der Waals surface area contributed by atoms with Crippen molar-refractivity contribution in [3.63, 3.8) is 0 Å². The number of hydrogen-bond acceptors (Lipinski definition) is 3. The van der Waals surface area contributed by atoms with Gasteiger partial charge < -0.3 is 5.11 Å². The number of rotatable bonds is 3. The van der Waals surface area contributed by atoms with Crippen molar-refractivity contribution in [3.05, 3.63) is 35.9 Å². The van der Waals surface area contributed by atoms with Gasteiger partial charge in [-0.1, -0.05) is 12.1 Å². The number of carbonyl (C=O) groups is 1. The molecule has 0 radical (unpaired) electrons. The van der Waals surface area contributed by atoms with Gasteiger partial charge in [0.1, 0.15) is 0 Å². The summed E-state index contributed by atoms with van der Waals surface area (Å²) in [5.74, 6) is -0.825. The van der Waals surface area contributed by atoms with Gasteiger partial charge in [0.25, 0.3) is 0 Å². The fourth-order valence-corrected chi connectivity index (χ4v) is 3.41. The summed E-state index contributed by atoms with van der Waals surface area (Å²) in [4.78, 5) is 10.4. The molecule has 0 spiro atoms. The predicted octanol–water partition coefficient (Wildman–Crippen LogP) is 1.32. The fraction of sp³-hybridized carbons (Fsp3) is 0.250. The summed E-state index contributed by atoms with van der Waals surface area (Å²) < 4.78 is 24.8. The molecule has 0 bridgehead atoms. The van der Waals surface area contributed by atoms with Gasteiger partial charge in [-0.15, -0.1) is 0 Å². The summed E-state index contributed by atoms with van der Waals surface area (Å²) in [6.07, 6.45) is 3.15. The van der Waals surface area contributed by atoms with E-state index in [0.29, 0.717) is 18.7 Å². The van der Waals surface area contributed by atoms with Crippen LogP contribution in [0.5, 0.6) is 0 Å². The molecule has 1 aromatic rings. The third-order valence-electron chi connectivity index (χ3n) is 2.70. The molecule has 0 saturated carbocycles. The van der Waals surface area contributed by atoms with Crippen molar-refractivity contribution < 1.29 is 18.3 Å². The molecule has 1 aromatic carbocycles. The lowest BCUT2D eigenvalue weighted by molar-refractivity contribution is -0.131. The van der Waals surface area contributed by atoms with Crippen molar-refractivity contribution in [1.82, 2.24) is 0 Å². The van der Waals surface area contributed by atoms with Gasteiger partial charge in [0.2, 0.25) is 10.0 Å². The van der Waals surface area contributed by atoms with Gasteiger partial charge in [0.15, 0.2) is 0 Å². The van der Waals surface area contributed by atoms with Gasteiger partial charge in [0, 0.05) is 12.6 Å². The predicted molar refractivity (Wildman–Crippen MR) is 68.9 cm³/mol. The highest BCUT2D eigenvalue weighted by atomic mass is 32.2. The Balaban J connectivity index is 2.20. The van der Waals surface area contributed by atoms with Crippen molar-refractivity contribution >= 4 is 27.8 Å². The topological polar surface area (TPSA) is 74.7 Å². The van der Waals surface area contributed by atoms with E-state index < -0.39 is 16.0 Å². The lowest BCUT2D eigenvalue weighted by Crippen LogP contribution is -2.24. The second kappa shape index (κ2) is 4.81. The Bertz CT molecular complexity index is 575. The molecule has 1 aliphatic rings. The van der Waals surface area contributed by atoms with Gasteiger partial charge in [0.05, 0.1) is 11.4 Å². The van der Waals surface area contributed by atoms with Crippen LogP contribution < -0.4 is 4.31 Å². The van der Waals surface area contributed by atoms with Crippen LogP contribution >= 0.6 is 0 Å². The first kappa shape index (κ1) is 12.6. The first-order valence-corrected chi connectivity index (χ1v) is 7.11. The van der Waals surface area contributed by atoms with E-state index in [1.807, 2.05) is 0 Å². The van der Waals surface area contributed by atoms with Crippen LogP contribution in [0.3, 0.4) is 0 Å². The minimum Gasteiger partial charge on any atom is -0.478 e. The van der Waals surface area contributed by atoms with E-state index in [1.165, 1.54) is 10.4 Å². The average molecular weight is 267 g/mol. The Labute approximate surface area is 105 Å². The zero-order chi connectivity index (χ0) is 13.2. The third-order valence-corrected chi connectivity index (χ3v) is 4.57. The number of hydrogen-bond donors (Lipinski definition) is 1. The van der Waals surface area contributed by atoms with E-state index in [4.69, 9.17) is 5.11 Å². The van der Waals surface area contributed by atoms with Crippen LogP contribution in [-0.2, 0) is 14.8 Å². The van der Waals surface area contributed by atoms with E-state index in [1.54, 1.807) is 24.3 Å². The molecule has 0 amide bonds. The molecule has 5 nitrogen and oxygen atoms in total. The molecule has 0 aromatic heterocycles. The molecule has 2 rings (SSSR count). The Hall–Kier alpha value is -1.82. The average Bonchev–Trinajstić information content (AvgIpc) is 2.67. The number of carboxylic acid groups (broad SMARTS) is 1. The van der Waals surface area contributed by atoms with Crippen LogP contribution in [0.2, 0.25) is 0 Å². The maximum atomic E-state index is 11.7. The zero-order valence-electron chi connectivity index (χ0n) is 9.61. The van der Waals surface area contributed by atoms with Crippen LogP contribution in [0.4, 0.5) is 5.69 Å². The molecule has 96 valence electrons. The molecule has 6 heteroatoms. The number of nitrogens with zero attached hydrogens (tertiary/aromatic N) is 1. The first-order valence-electron chi connectivity index (χ1n) is 5.50. The second-order valence-electron chi connectivity index (χ2n) is 4.00. The number of benzene rings is 1. The molecule has 0 aliphatic carbocycles. The Morgan fingerprint density at radius 2 is 1.94 bits per heavy atom. The monoisotopic (exact) mass is 267 g/mol. The molecular weight excluding hydrogens is 254 g/mol. The van der Waals surface area contributed by atoms with E-state index in [9.17, 15) is 13.2 Å². The number of sulfonamides is 1. The fourth-order valence-electron chi connectivity index (χ4n) is 1.85. The summed E-state index contributed by atoms with van der Waals surface area (Å²) >= 11 is 0. The quantitative estimate of drug-likeness (QED) is 0.838. The minimum atomic E-state index is -3.16. The molecule has 1 heterocycles. The maximum Gasteiger partial charge on any atom is 0.328 e. The Morgan fingerprint density at radius 3 is 2.44 bits per heavy atom. The second-order valence-corrected chi connectivity index (χ2v) is 6.02. The standard InChI is InChI=1S/C12H13NO4S/c14-12(15)7-4-10-2-5-11(6-3-10)13-8-1-9-18(13,16)17/h2-7H,1,8-9H2,(H,14,15)/b7-4+. The molecule has 0 unspecified atom stereocenters. The van der Waals surface area contributed by atoms with Crippen molar-refractivity contribution in [1.29, 1.82) is 0 Å². The van der Waals surface area contributed by atoms with Crippen LogP contribution in [-0.4, -0.2) is 31.8 Å². The first-order chi connectivity index (χ1) is 8.49. The lowest BCUT2D eigenvalue weighted by Gasteiger charge is -2.16. The SMILES string of the molecule is O=C(O)/C=C/c1ccc(N2CCCS2(=O)=O)cc1. The minimum absolute atomic E-state index is 0.188. The normalized spacial score (nSPS) is 18.3. The lowest BCUT2D eigenvalue weighted by atomic mass is 10.2. The smallest absolute Gasteiger partial charge is 0.328 e. The van der Waals surface area contributed by atoms with Gasteiger partial charge in [-0.2, -0.15) is 0 Å². The van der Waals surface area contributed by atoms with Crippen molar-refractivity contribution in [2.24, 2.45) is 0 Å². The molecule has 18 heavy (non-hydrogen) atoms. The highest BCUT2D eigenvalue weighted by Gasteiger charge is 2.28. The van der Waals surface area contributed by atoms with Gasteiger partial charge in [-0.25, -0.2) is 13.2 Å². The number of anilines is 1. The molecular formula is C12H13NO4S. The van der Waals surface area contributed by atoms with Crippen LogP contribution in [0, 0.1) is 0 Å². The van der Waals surface area contributed by atoms with E-state index in [2.05, 4.69) is 0 Å². The Morgan fingerprint density at radius 1 is 1.28 bits per heavy atom. The van der Waals surface area contributed by atoms with Crippen molar-refractivity contribution in [3.8, 4) is 0 Å². The van der Waals surface area contributed by atoms with E-state index in [-0.39, 0.29) is 5.75 Å². The van der Waals surface area contributed by atoms with E-state index in [0.717, 1.165) is 11.6 Å². The number of carboxylic acids is 1. The number of aliphatic carboxylic acids is 1.